The third-order valence-corrected chi connectivity index (χ3v) is 8.68. The summed E-state index contributed by atoms with van der Waals surface area (Å²) < 4.78 is 34.4. The van der Waals surface area contributed by atoms with Gasteiger partial charge in [0, 0.05) is 5.56 Å². The number of sulfonamides is 1. The molecule has 0 fully saturated rings. The number of aromatic nitrogens is 2. The van der Waals surface area contributed by atoms with Crippen LogP contribution in [0.4, 0.5) is 4.79 Å². The number of hydrogen-bond donors (Lipinski definition) is 1. The van der Waals surface area contributed by atoms with E-state index < -0.39 is 40.7 Å². The minimum atomic E-state index is -4.29. The van der Waals surface area contributed by atoms with Crippen molar-refractivity contribution in [2.75, 3.05) is 19.9 Å². The van der Waals surface area contributed by atoms with Crippen molar-refractivity contribution in [3.63, 3.8) is 0 Å². The molecule has 1 aromatic heterocycles. The van der Waals surface area contributed by atoms with Gasteiger partial charge in [0.15, 0.2) is 0 Å². The van der Waals surface area contributed by atoms with Crippen LogP contribution in [0.2, 0.25) is 0 Å². The number of rotatable bonds is 12. The lowest BCUT2D eigenvalue weighted by Crippen LogP contribution is -2.41. The number of nitrogens with zero attached hydrogens (tertiary/aromatic N) is 6. The van der Waals surface area contributed by atoms with Crippen LogP contribution in [0.5, 0.6) is 0 Å². The number of hydrogen-bond acceptors (Lipinski definition) is 10. The molecule has 16 heteroatoms. The Morgan fingerprint density at radius 1 is 1.00 bits per heavy atom. The maximum Gasteiger partial charge on any atom is 0.421 e. The van der Waals surface area contributed by atoms with Crippen molar-refractivity contribution in [3.05, 3.63) is 106 Å². The smallest absolute Gasteiger partial charge is 0.421 e. The Bertz CT molecular complexity index is 1940. The van der Waals surface area contributed by atoms with Crippen molar-refractivity contribution in [2.45, 2.75) is 38.6 Å². The van der Waals surface area contributed by atoms with E-state index in [0.29, 0.717) is 5.69 Å². The van der Waals surface area contributed by atoms with E-state index in [1.54, 1.807) is 42.8 Å². The first kappa shape index (κ1) is 33.6. The van der Waals surface area contributed by atoms with E-state index in [9.17, 15) is 28.0 Å². The van der Waals surface area contributed by atoms with Crippen LogP contribution >= 0.6 is 0 Å². The Kier molecular flexibility index (Phi) is 9.74. The molecule has 0 spiro atoms. The van der Waals surface area contributed by atoms with Crippen molar-refractivity contribution in [3.8, 4) is 16.9 Å². The Hall–Kier alpha value is -5.77. The van der Waals surface area contributed by atoms with Gasteiger partial charge < -0.3 is 14.8 Å². The molecule has 0 saturated heterocycles. The fourth-order valence-electron chi connectivity index (χ4n) is 4.90. The standard InChI is InChI=1S/C32H33N7O8S/c1-21(2)37(39(43)35-47-20-36-30(40)27-7-5-6-8-28(27)31(36)41)17-18-46-32(42)34-48(44,45)26-15-13-25(14-16-26)38-29(19-23(4)33-38)24-11-9-22(3)10-12-24/h5-16,19,21H,17-18,20H2,1-4H3,(H,34,42)/b39-35-. The van der Waals surface area contributed by atoms with E-state index >= 15 is 0 Å². The molecule has 15 nitrogen and oxygen atoms in total. The highest BCUT2D eigenvalue weighted by molar-refractivity contribution is 7.90. The molecule has 3 amide bonds. The maximum atomic E-state index is 12.9. The third kappa shape index (κ3) is 7.28. The van der Waals surface area contributed by atoms with Crippen LogP contribution in [0.25, 0.3) is 16.9 Å². The number of hydrazine groups is 1. The fraction of sp³-hybridized carbons (Fsp3) is 0.250. The molecule has 0 radical (unpaired) electrons. The quantitative estimate of drug-likeness (QED) is 0.0983. The summed E-state index contributed by atoms with van der Waals surface area (Å²) in [5, 5.41) is 21.6. The Labute approximate surface area is 276 Å². The van der Waals surface area contributed by atoms with E-state index in [2.05, 4.69) is 10.4 Å². The van der Waals surface area contributed by atoms with Crippen molar-refractivity contribution in [1.29, 1.82) is 0 Å². The largest absolute Gasteiger partial charge is 0.569 e. The Morgan fingerprint density at radius 2 is 1.62 bits per heavy atom. The van der Waals surface area contributed by atoms with Crippen LogP contribution in [0.15, 0.2) is 89.0 Å². The Morgan fingerprint density at radius 3 is 2.23 bits per heavy atom. The summed E-state index contributed by atoms with van der Waals surface area (Å²) in [5.41, 5.74) is 4.74. The molecular weight excluding hydrogens is 642 g/mol. The van der Waals surface area contributed by atoms with E-state index in [1.807, 2.05) is 48.9 Å². The van der Waals surface area contributed by atoms with Gasteiger partial charge in [0.05, 0.1) is 44.1 Å². The van der Waals surface area contributed by atoms with Gasteiger partial charge in [-0.05, 0) is 70.2 Å². The molecule has 5 rings (SSSR count). The minimum absolute atomic E-state index is 0.0910. The highest BCUT2D eigenvalue weighted by atomic mass is 32.2. The summed E-state index contributed by atoms with van der Waals surface area (Å²) in [6.45, 7) is 6.02. The third-order valence-electron chi connectivity index (χ3n) is 7.35. The lowest BCUT2D eigenvalue weighted by Gasteiger charge is -2.21. The molecular formula is C32H33N7O8S. The molecule has 1 aliphatic heterocycles. The minimum Gasteiger partial charge on any atom is -0.569 e. The van der Waals surface area contributed by atoms with E-state index in [-0.39, 0.29) is 34.1 Å². The number of carbonyl (C=O) groups excluding carboxylic acids is 3. The van der Waals surface area contributed by atoms with E-state index in [4.69, 9.17) is 9.57 Å². The molecule has 1 aliphatic rings. The first-order valence-corrected chi connectivity index (χ1v) is 16.3. The first-order chi connectivity index (χ1) is 22.9. The van der Waals surface area contributed by atoms with Gasteiger partial charge in [-0.2, -0.15) is 5.10 Å². The zero-order chi connectivity index (χ0) is 34.6. The summed E-state index contributed by atoms with van der Waals surface area (Å²) in [6, 6.07) is 21.5. The molecule has 3 aromatic carbocycles. The molecule has 0 saturated carbocycles. The molecule has 0 bridgehead atoms. The normalized spacial score (nSPS) is 13.1. The van der Waals surface area contributed by atoms with Gasteiger partial charge in [0.25, 0.3) is 21.8 Å². The molecule has 0 aliphatic carbocycles. The number of aryl methyl sites for hydroxylation is 2. The summed E-state index contributed by atoms with van der Waals surface area (Å²) in [6.07, 6.45) is -1.25. The van der Waals surface area contributed by atoms with Crippen molar-refractivity contribution in [1.82, 2.24) is 24.4 Å². The molecule has 4 aromatic rings. The SMILES string of the molecule is Cc1ccc(-c2cc(C)nn2-c2ccc(S(=O)(=O)NC(=O)OCCN(C(C)C)/[N+]([O-])=N/OCN3C(=O)c4ccccc4C3=O)cc2)cc1. The summed E-state index contributed by atoms with van der Waals surface area (Å²) in [5.74, 6) is -1.15. The van der Waals surface area contributed by atoms with Crippen LogP contribution in [0.1, 0.15) is 45.8 Å². The topological polar surface area (TPSA) is 179 Å². The summed E-state index contributed by atoms with van der Waals surface area (Å²) in [7, 11) is -4.29. The van der Waals surface area contributed by atoms with Crippen molar-refractivity contribution in [2.24, 2.45) is 5.28 Å². The average Bonchev–Trinajstić information content (AvgIpc) is 3.56. The number of benzene rings is 3. The highest BCUT2D eigenvalue weighted by Crippen LogP contribution is 2.25. The monoisotopic (exact) mass is 675 g/mol. The predicted molar refractivity (Wildman–Crippen MR) is 171 cm³/mol. The Balaban J connectivity index is 1.14. The number of imide groups is 1. The van der Waals surface area contributed by atoms with Gasteiger partial charge in [0.1, 0.15) is 13.2 Å². The number of ether oxygens (including phenoxy) is 1. The molecule has 250 valence electrons. The molecule has 0 unspecified atom stereocenters. The number of carbonyl (C=O) groups is 3. The van der Waals surface area contributed by atoms with Crippen LogP contribution in [-0.2, 0) is 19.6 Å². The second-order valence-corrected chi connectivity index (χ2v) is 12.8. The van der Waals surface area contributed by atoms with Crippen LogP contribution < -0.4 is 4.72 Å². The second-order valence-electron chi connectivity index (χ2n) is 11.1. The molecule has 48 heavy (non-hydrogen) atoms. The van der Waals surface area contributed by atoms with Crippen LogP contribution in [0.3, 0.4) is 0 Å². The fourth-order valence-corrected chi connectivity index (χ4v) is 5.79. The zero-order valence-corrected chi connectivity index (χ0v) is 27.4. The van der Waals surface area contributed by atoms with Gasteiger partial charge >= 0.3 is 6.09 Å². The van der Waals surface area contributed by atoms with Crippen molar-refractivity contribution < 1.29 is 37.3 Å². The average molecular weight is 676 g/mol. The van der Waals surface area contributed by atoms with Crippen molar-refractivity contribution >= 4 is 27.9 Å². The molecule has 2 heterocycles. The van der Waals surface area contributed by atoms with Crippen LogP contribution in [-0.4, -0.2) is 76.9 Å². The molecule has 0 atom stereocenters. The van der Waals surface area contributed by atoms with Gasteiger partial charge in [0.2, 0.25) is 12.0 Å². The number of fused-ring (bicyclic) bond motifs is 1. The lowest BCUT2D eigenvalue weighted by atomic mass is 10.1. The highest BCUT2D eigenvalue weighted by Gasteiger charge is 2.36. The van der Waals surface area contributed by atoms with E-state index in [1.165, 1.54) is 24.3 Å². The summed E-state index contributed by atoms with van der Waals surface area (Å²) in [4.78, 5) is 43.0. The summed E-state index contributed by atoms with van der Waals surface area (Å²) >= 11 is 0. The predicted octanol–water partition coefficient (Wildman–Crippen LogP) is 4.34. The zero-order valence-electron chi connectivity index (χ0n) is 26.6. The first-order valence-electron chi connectivity index (χ1n) is 14.8. The molecule has 1 N–H and O–H groups in total. The number of nitrogens with one attached hydrogen (secondary N) is 1. The maximum absolute atomic E-state index is 12.9. The van der Waals surface area contributed by atoms with Gasteiger partial charge in [-0.15, -0.1) is 5.01 Å². The van der Waals surface area contributed by atoms with Gasteiger partial charge in [-0.3, -0.25) is 9.59 Å². The van der Waals surface area contributed by atoms with E-state index in [0.717, 1.165) is 32.4 Å². The van der Waals surface area contributed by atoms with Crippen LogP contribution in [0, 0.1) is 19.1 Å². The number of amides is 3. The van der Waals surface area contributed by atoms with Gasteiger partial charge in [-0.25, -0.2) is 27.5 Å². The lowest BCUT2D eigenvalue weighted by molar-refractivity contribution is -0.717. The second kappa shape index (κ2) is 13.9. The van der Waals surface area contributed by atoms with Gasteiger partial charge in [-0.1, -0.05) is 42.0 Å².